The van der Waals surface area contributed by atoms with Crippen molar-refractivity contribution in [1.29, 1.82) is 0 Å². The number of hydrogen-bond acceptors (Lipinski definition) is 3. The third-order valence-corrected chi connectivity index (χ3v) is 9.14. The number of benzene rings is 8. The van der Waals surface area contributed by atoms with Crippen LogP contribution in [-0.2, 0) is 0 Å². The molecule has 0 amide bonds. The maximum absolute atomic E-state index is 5.06. The summed E-state index contributed by atoms with van der Waals surface area (Å²) in [5, 5.41) is 7.12. The van der Waals surface area contributed by atoms with Crippen molar-refractivity contribution in [2.75, 3.05) is 0 Å². The largest absolute Gasteiger partial charge is 0.208 e. The van der Waals surface area contributed by atoms with Gasteiger partial charge in [0.25, 0.3) is 0 Å². The number of aromatic nitrogens is 3. The van der Waals surface area contributed by atoms with Gasteiger partial charge in [0.05, 0.1) is 0 Å². The van der Waals surface area contributed by atoms with Crippen LogP contribution in [0.4, 0.5) is 0 Å². The standard InChI is InChI=1S/C45H29N3/c1-2-12-37-29-38(28-23-30(37)9-1)44-46-43(47-45(48-44)42-18-8-14-34-11-4-6-16-41(34)42)36-26-21-32(22-27-36)31-19-24-35(25-20-31)40-17-7-13-33-10-3-5-15-39(33)40/h1-29H. The van der Waals surface area contributed by atoms with E-state index in [1.165, 1.54) is 27.3 Å². The van der Waals surface area contributed by atoms with Crippen LogP contribution in [-0.4, -0.2) is 15.0 Å². The Morgan fingerprint density at radius 3 is 1.35 bits per heavy atom. The van der Waals surface area contributed by atoms with E-state index in [0.29, 0.717) is 17.5 Å². The SMILES string of the molecule is c1ccc2cc(-c3nc(-c4ccc(-c5ccc(-c6cccc7ccccc67)cc5)cc4)nc(-c4cccc5ccccc45)n3)ccc2c1. The van der Waals surface area contributed by atoms with E-state index >= 15 is 0 Å². The van der Waals surface area contributed by atoms with Crippen molar-refractivity contribution in [3.8, 4) is 56.4 Å². The molecule has 0 spiro atoms. The Bertz CT molecular complexity index is 2590. The van der Waals surface area contributed by atoms with E-state index in [1.54, 1.807) is 0 Å². The van der Waals surface area contributed by atoms with Gasteiger partial charge in [-0.05, 0) is 60.6 Å². The molecule has 3 heteroatoms. The number of rotatable bonds is 5. The van der Waals surface area contributed by atoms with E-state index in [2.05, 4.69) is 176 Å². The topological polar surface area (TPSA) is 38.7 Å². The van der Waals surface area contributed by atoms with Crippen LogP contribution in [0.2, 0.25) is 0 Å². The molecule has 0 saturated carbocycles. The molecule has 9 rings (SSSR count). The van der Waals surface area contributed by atoms with Crippen LogP contribution in [0, 0.1) is 0 Å². The minimum Gasteiger partial charge on any atom is -0.208 e. The number of fused-ring (bicyclic) bond motifs is 3. The van der Waals surface area contributed by atoms with Crippen molar-refractivity contribution < 1.29 is 0 Å². The van der Waals surface area contributed by atoms with E-state index in [0.717, 1.165) is 44.0 Å². The Balaban J connectivity index is 1.11. The summed E-state index contributed by atoms with van der Waals surface area (Å²) < 4.78 is 0. The fourth-order valence-electron chi connectivity index (χ4n) is 6.63. The maximum Gasteiger partial charge on any atom is 0.164 e. The quantitative estimate of drug-likeness (QED) is 0.194. The first-order chi connectivity index (χ1) is 23.8. The van der Waals surface area contributed by atoms with Crippen molar-refractivity contribution in [2.24, 2.45) is 0 Å². The summed E-state index contributed by atoms with van der Waals surface area (Å²) in [6.45, 7) is 0. The average molecular weight is 612 g/mol. The first-order valence-corrected chi connectivity index (χ1v) is 16.2. The second-order valence-corrected chi connectivity index (χ2v) is 12.1. The smallest absolute Gasteiger partial charge is 0.164 e. The van der Waals surface area contributed by atoms with Gasteiger partial charge in [0, 0.05) is 16.7 Å². The Kier molecular flexibility index (Phi) is 6.80. The van der Waals surface area contributed by atoms with Gasteiger partial charge in [-0.1, -0.05) is 170 Å². The predicted molar refractivity (Wildman–Crippen MR) is 200 cm³/mol. The van der Waals surface area contributed by atoms with Crippen molar-refractivity contribution in [2.45, 2.75) is 0 Å². The van der Waals surface area contributed by atoms with Gasteiger partial charge in [0.15, 0.2) is 17.5 Å². The highest BCUT2D eigenvalue weighted by Crippen LogP contribution is 2.33. The molecule has 1 heterocycles. The molecule has 9 aromatic rings. The average Bonchev–Trinajstić information content (AvgIpc) is 3.17. The van der Waals surface area contributed by atoms with Crippen LogP contribution >= 0.6 is 0 Å². The highest BCUT2D eigenvalue weighted by atomic mass is 15.0. The number of nitrogens with zero attached hydrogens (tertiary/aromatic N) is 3. The molecule has 0 fully saturated rings. The van der Waals surface area contributed by atoms with Crippen LogP contribution in [0.5, 0.6) is 0 Å². The van der Waals surface area contributed by atoms with Crippen molar-refractivity contribution in [3.05, 3.63) is 176 Å². The second-order valence-electron chi connectivity index (χ2n) is 12.1. The van der Waals surface area contributed by atoms with E-state index in [1.807, 2.05) is 0 Å². The Morgan fingerprint density at radius 1 is 0.250 bits per heavy atom. The van der Waals surface area contributed by atoms with E-state index in [-0.39, 0.29) is 0 Å². The molecular weight excluding hydrogens is 583 g/mol. The van der Waals surface area contributed by atoms with E-state index < -0.39 is 0 Å². The van der Waals surface area contributed by atoms with Gasteiger partial charge in [-0.3, -0.25) is 0 Å². The fourth-order valence-corrected chi connectivity index (χ4v) is 6.63. The fraction of sp³-hybridized carbons (Fsp3) is 0. The molecule has 224 valence electrons. The van der Waals surface area contributed by atoms with Crippen LogP contribution < -0.4 is 0 Å². The highest BCUT2D eigenvalue weighted by molar-refractivity contribution is 5.97. The molecule has 48 heavy (non-hydrogen) atoms. The van der Waals surface area contributed by atoms with Gasteiger partial charge < -0.3 is 0 Å². The molecule has 0 saturated heterocycles. The summed E-state index contributed by atoms with van der Waals surface area (Å²) in [6, 6.07) is 61.8. The molecule has 0 atom stereocenters. The van der Waals surface area contributed by atoms with Gasteiger partial charge in [0.1, 0.15) is 0 Å². The van der Waals surface area contributed by atoms with Gasteiger partial charge >= 0.3 is 0 Å². The van der Waals surface area contributed by atoms with E-state index in [9.17, 15) is 0 Å². The van der Waals surface area contributed by atoms with Gasteiger partial charge in [-0.25, -0.2) is 15.0 Å². The monoisotopic (exact) mass is 611 g/mol. The zero-order valence-electron chi connectivity index (χ0n) is 26.1. The molecule has 8 aromatic carbocycles. The lowest BCUT2D eigenvalue weighted by molar-refractivity contribution is 1.08. The summed E-state index contributed by atoms with van der Waals surface area (Å²) in [6.07, 6.45) is 0. The summed E-state index contributed by atoms with van der Waals surface area (Å²) in [5.41, 5.74) is 7.64. The molecule has 0 aliphatic rings. The number of hydrogen-bond donors (Lipinski definition) is 0. The maximum atomic E-state index is 5.06. The Morgan fingerprint density at radius 2 is 0.688 bits per heavy atom. The molecule has 1 aromatic heterocycles. The molecule has 0 unspecified atom stereocenters. The van der Waals surface area contributed by atoms with Gasteiger partial charge in [-0.2, -0.15) is 0 Å². The molecule has 0 radical (unpaired) electrons. The first-order valence-electron chi connectivity index (χ1n) is 16.2. The van der Waals surface area contributed by atoms with Crippen molar-refractivity contribution in [1.82, 2.24) is 15.0 Å². The lowest BCUT2D eigenvalue weighted by Gasteiger charge is -2.11. The summed E-state index contributed by atoms with van der Waals surface area (Å²) >= 11 is 0. The summed E-state index contributed by atoms with van der Waals surface area (Å²) in [5.74, 6) is 1.96. The molecule has 0 aliphatic heterocycles. The van der Waals surface area contributed by atoms with Crippen molar-refractivity contribution in [3.63, 3.8) is 0 Å². The normalized spacial score (nSPS) is 11.3. The lowest BCUT2D eigenvalue weighted by Crippen LogP contribution is -2.00. The summed E-state index contributed by atoms with van der Waals surface area (Å²) in [7, 11) is 0. The summed E-state index contributed by atoms with van der Waals surface area (Å²) in [4.78, 5) is 15.1. The van der Waals surface area contributed by atoms with Crippen molar-refractivity contribution >= 4 is 32.3 Å². The molecule has 3 nitrogen and oxygen atoms in total. The lowest BCUT2D eigenvalue weighted by atomic mass is 9.96. The van der Waals surface area contributed by atoms with Gasteiger partial charge in [-0.15, -0.1) is 0 Å². The highest BCUT2D eigenvalue weighted by Gasteiger charge is 2.15. The Hall–Kier alpha value is -6.45. The first kappa shape index (κ1) is 27.8. The third kappa shape index (κ3) is 5.08. The zero-order valence-corrected chi connectivity index (χ0v) is 26.1. The third-order valence-electron chi connectivity index (χ3n) is 9.14. The van der Waals surface area contributed by atoms with Crippen LogP contribution in [0.25, 0.3) is 88.7 Å². The van der Waals surface area contributed by atoms with Crippen LogP contribution in [0.1, 0.15) is 0 Å². The van der Waals surface area contributed by atoms with Crippen LogP contribution in [0.3, 0.4) is 0 Å². The molecular formula is C45H29N3. The van der Waals surface area contributed by atoms with E-state index in [4.69, 9.17) is 15.0 Å². The zero-order chi connectivity index (χ0) is 31.9. The molecule has 0 N–H and O–H groups in total. The van der Waals surface area contributed by atoms with Crippen LogP contribution in [0.15, 0.2) is 176 Å². The molecule has 0 bridgehead atoms. The Labute approximate surface area is 278 Å². The van der Waals surface area contributed by atoms with Gasteiger partial charge in [0.2, 0.25) is 0 Å². The minimum absolute atomic E-state index is 0.647. The second kappa shape index (κ2) is 11.7. The minimum atomic E-state index is 0.647. The molecule has 0 aliphatic carbocycles. The predicted octanol–water partition coefficient (Wildman–Crippen LogP) is 11.7.